The fourth-order valence-corrected chi connectivity index (χ4v) is 3.97. The zero-order chi connectivity index (χ0) is 17.8. The lowest BCUT2D eigenvalue weighted by Crippen LogP contribution is -2.40. The Bertz CT molecular complexity index is 757. The van der Waals surface area contributed by atoms with E-state index in [-0.39, 0.29) is 36.8 Å². The molecule has 2 aromatic rings. The number of nitrogens with two attached hydrogens (primary N) is 1. The third-order valence-electron chi connectivity index (χ3n) is 4.48. The van der Waals surface area contributed by atoms with Crippen LogP contribution in [0.4, 0.5) is 0 Å². The summed E-state index contributed by atoms with van der Waals surface area (Å²) in [5.41, 5.74) is 7.50. The molecule has 1 aliphatic heterocycles. The average molecular weight is 434 g/mol. The maximum absolute atomic E-state index is 12.5. The summed E-state index contributed by atoms with van der Waals surface area (Å²) in [4.78, 5) is 19.0. The Morgan fingerprint density at radius 3 is 2.70 bits per heavy atom. The fraction of sp³-hybridized carbons (Fsp3) is 0.444. The molecule has 0 spiro atoms. The van der Waals surface area contributed by atoms with Crippen molar-refractivity contribution in [2.45, 2.75) is 25.3 Å². The molecule has 1 fully saturated rings. The largest absolute Gasteiger partial charge is 0.493 e. The van der Waals surface area contributed by atoms with Gasteiger partial charge in [-0.25, -0.2) is 4.98 Å². The maximum atomic E-state index is 12.5. The SMILES string of the molecule is COc1ccc(-c2nc(CC(=O)N3CCCC3CN)cs2)cc1OC.Cl.Cl. The zero-order valence-corrected chi connectivity index (χ0v) is 17.8. The highest BCUT2D eigenvalue weighted by Crippen LogP contribution is 2.33. The van der Waals surface area contributed by atoms with Gasteiger partial charge in [0, 0.05) is 30.1 Å². The van der Waals surface area contributed by atoms with Crippen LogP contribution in [0.15, 0.2) is 23.6 Å². The molecule has 2 heterocycles. The summed E-state index contributed by atoms with van der Waals surface area (Å²) in [6, 6.07) is 5.87. The van der Waals surface area contributed by atoms with Gasteiger partial charge in [-0.1, -0.05) is 0 Å². The Balaban J connectivity index is 0.00000182. The first-order valence-corrected chi connectivity index (χ1v) is 9.20. The minimum atomic E-state index is 0. The predicted molar refractivity (Wildman–Crippen MR) is 113 cm³/mol. The molecule has 1 unspecified atom stereocenters. The first-order valence-electron chi connectivity index (χ1n) is 8.32. The van der Waals surface area contributed by atoms with Crippen molar-refractivity contribution in [1.29, 1.82) is 0 Å². The molecular formula is C18H25Cl2N3O3S. The van der Waals surface area contributed by atoms with Gasteiger partial charge in [0.15, 0.2) is 11.5 Å². The van der Waals surface area contributed by atoms with Crippen molar-refractivity contribution in [2.24, 2.45) is 5.73 Å². The lowest BCUT2D eigenvalue weighted by molar-refractivity contribution is -0.131. The van der Waals surface area contributed by atoms with Crippen LogP contribution in [-0.4, -0.2) is 49.1 Å². The minimum Gasteiger partial charge on any atom is -0.493 e. The summed E-state index contributed by atoms with van der Waals surface area (Å²) in [5.74, 6) is 1.45. The third-order valence-corrected chi connectivity index (χ3v) is 5.42. The summed E-state index contributed by atoms with van der Waals surface area (Å²) in [7, 11) is 3.22. The molecule has 1 atom stereocenters. The number of carbonyl (C=O) groups excluding carboxylic acids is 1. The summed E-state index contributed by atoms with van der Waals surface area (Å²) in [5, 5.41) is 2.80. The number of amides is 1. The van der Waals surface area contributed by atoms with Gasteiger partial charge >= 0.3 is 0 Å². The summed E-state index contributed by atoms with van der Waals surface area (Å²) >= 11 is 1.52. The van der Waals surface area contributed by atoms with Crippen molar-refractivity contribution in [3.63, 3.8) is 0 Å². The van der Waals surface area contributed by atoms with Crippen LogP contribution < -0.4 is 15.2 Å². The first-order chi connectivity index (χ1) is 12.2. The van der Waals surface area contributed by atoms with E-state index in [1.165, 1.54) is 11.3 Å². The second kappa shape index (κ2) is 10.7. The molecule has 2 N–H and O–H groups in total. The Morgan fingerprint density at radius 2 is 2.04 bits per heavy atom. The second-order valence-electron chi connectivity index (χ2n) is 6.01. The van der Waals surface area contributed by atoms with E-state index in [1.54, 1.807) is 14.2 Å². The topological polar surface area (TPSA) is 77.7 Å². The standard InChI is InChI=1S/C18H23N3O3S.2ClH/c1-23-15-6-5-12(8-16(15)24-2)18-20-13(11-25-18)9-17(22)21-7-3-4-14(21)10-19;;/h5-6,8,11,14H,3-4,7,9-10,19H2,1-2H3;2*1H. The zero-order valence-electron chi connectivity index (χ0n) is 15.3. The molecule has 0 bridgehead atoms. The van der Waals surface area contributed by atoms with Gasteiger partial charge in [0.2, 0.25) is 5.91 Å². The van der Waals surface area contributed by atoms with Gasteiger partial charge in [-0.3, -0.25) is 4.79 Å². The predicted octanol–water partition coefficient (Wildman–Crippen LogP) is 3.16. The molecule has 0 aliphatic carbocycles. The number of nitrogens with zero attached hydrogens (tertiary/aromatic N) is 2. The number of rotatable bonds is 6. The molecule has 27 heavy (non-hydrogen) atoms. The van der Waals surface area contributed by atoms with Crippen LogP contribution in [0.3, 0.4) is 0 Å². The van der Waals surface area contributed by atoms with Gasteiger partial charge in [-0.15, -0.1) is 36.2 Å². The molecule has 1 saturated heterocycles. The highest BCUT2D eigenvalue weighted by atomic mass is 35.5. The number of methoxy groups -OCH3 is 2. The highest BCUT2D eigenvalue weighted by molar-refractivity contribution is 7.13. The Labute approximate surface area is 175 Å². The van der Waals surface area contributed by atoms with Crippen LogP contribution in [0.25, 0.3) is 10.6 Å². The number of thiazole rings is 1. The molecule has 9 heteroatoms. The van der Waals surface area contributed by atoms with E-state index >= 15 is 0 Å². The summed E-state index contributed by atoms with van der Waals surface area (Å²) in [6.45, 7) is 1.33. The van der Waals surface area contributed by atoms with Crippen LogP contribution >= 0.6 is 36.2 Å². The lowest BCUT2D eigenvalue weighted by atomic mass is 10.2. The van der Waals surface area contributed by atoms with Gasteiger partial charge in [0.25, 0.3) is 0 Å². The average Bonchev–Trinajstić information content (AvgIpc) is 3.30. The number of hydrogen-bond acceptors (Lipinski definition) is 6. The van der Waals surface area contributed by atoms with Gasteiger partial charge in [-0.05, 0) is 31.0 Å². The quantitative estimate of drug-likeness (QED) is 0.756. The van der Waals surface area contributed by atoms with Crippen LogP contribution in [0.5, 0.6) is 11.5 Å². The normalized spacial score (nSPS) is 15.7. The number of aromatic nitrogens is 1. The highest BCUT2D eigenvalue weighted by Gasteiger charge is 2.27. The van der Waals surface area contributed by atoms with Crippen molar-refractivity contribution in [3.8, 4) is 22.1 Å². The summed E-state index contributed by atoms with van der Waals surface area (Å²) < 4.78 is 10.6. The lowest BCUT2D eigenvalue weighted by Gasteiger charge is -2.23. The van der Waals surface area contributed by atoms with Crippen LogP contribution in [0, 0.1) is 0 Å². The van der Waals surface area contributed by atoms with Crippen LogP contribution in [0.2, 0.25) is 0 Å². The van der Waals surface area contributed by atoms with Gasteiger partial charge in [-0.2, -0.15) is 0 Å². The van der Waals surface area contributed by atoms with Gasteiger partial charge in [0.1, 0.15) is 5.01 Å². The molecule has 3 rings (SSSR count). The number of benzene rings is 1. The summed E-state index contributed by atoms with van der Waals surface area (Å²) in [6.07, 6.45) is 2.35. The molecule has 1 aliphatic rings. The van der Waals surface area contributed by atoms with E-state index in [0.717, 1.165) is 35.7 Å². The molecule has 150 valence electrons. The number of carbonyl (C=O) groups is 1. The van der Waals surface area contributed by atoms with E-state index in [2.05, 4.69) is 4.98 Å². The first kappa shape index (κ1) is 23.5. The number of likely N-dealkylation sites (tertiary alicyclic amines) is 1. The van der Waals surface area contributed by atoms with E-state index in [1.807, 2.05) is 28.5 Å². The molecule has 1 aromatic heterocycles. The Morgan fingerprint density at radius 1 is 1.30 bits per heavy atom. The van der Waals surface area contributed by atoms with E-state index in [4.69, 9.17) is 15.2 Å². The van der Waals surface area contributed by atoms with Crippen LogP contribution in [-0.2, 0) is 11.2 Å². The second-order valence-corrected chi connectivity index (χ2v) is 6.87. The molecule has 1 aromatic carbocycles. The number of halogens is 2. The smallest absolute Gasteiger partial charge is 0.228 e. The number of hydrogen-bond donors (Lipinski definition) is 1. The molecular weight excluding hydrogens is 409 g/mol. The number of ether oxygens (including phenoxy) is 2. The van der Waals surface area contributed by atoms with Crippen molar-refractivity contribution in [3.05, 3.63) is 29.3 Å². The van der Waals surface area contributed by atoms with Crippen molar-refractivity contribution < 1.29 is 14.3 Å². The van der Waals surface area contributed by atoms with E-state index in [9.17, 15) is 4.79 Å². The van der Waals surface area contributed by atoms with Crippen LogP contribution in [0.1, 0.15) is 18.5 Å². The van der Waals surface area contributed by atoms with Crippen molar-refractivity contribution in [2.75, 3.05) is 27.3 Å². The molecule has 0 radical (unpaired) electrons. The van der Waals surface area contributed by atoms with Gasteiger partial charge < -0.3 is 20.1 Å². The molecule has 1 amide bonds. The molecule has 0 saturated carbocycles. The molecule has 6 nitrogen and oxygen atoms in total. The fourth-order valence-electron chi connectivity index (χ4n) is 3.16. The van der Waals surface area contributed by atoms with Crippen molar-refractivity contribution in [1.82, 2.24) is 9.88 Å². The van der Waals surface area contributed by atoms with E-state index in [0.29, 0.717) is 24.5 Å². The minimum absolute atomic E-state index is 0. The third kappa shape index (κ3) is 5.25. The monoisotopic (exact) mass is 433 g/mol. The van der Waals surface area contributed by atoms with E-state index < -0.39 is 0 Å². The Hall–Kier alpha value is -1.54. The van der Waals surface area contributed by atoms with Crippen molar-refractivity contribution >= 4 is 42.1 Å². The maximum Gasteiger partial charge on any atom is 0.228 e. The Kier molecular flexibility index (Phi) is 9.32. The van der Waals surface area contributed by atoms with Gasteiger partial charge in [0.05, 0.1) is 26.3 Å².